The number of carbonyl (C=O) groups excluding carboxylic acids is 3. The van der Waals surface area contributed by atoms with Crippen LogP contribution in [-0.4, -0.2) is 17.5 Å². The molecule has 4 nitrogen and oxygen atoms in total. The Balaban J connectivity index is 1.60. The van der Waals surface area contributed by atoms with Crippen LogP contribution in [0.25, 0.3) is 12.2 Å². The van der Waals surface area contributed by atoms with E-state index in [-0.39, 0.29) is 17.5 Å². The van der Waals surface area contributed by atoms with E-state index in [1.807, 2.05) is 84.9 Å². The van der Waals surface area contributed by atoms with E-state index in [1.165, 1.54) is 6.92 Å². The molecule has 2 aliphatic rings. The van der Waals surface area contributed by atoms with E-state index in [0.717, 1.165) is 37.6 Å². The molecular weight excluding hydrogens is 494 g/mol. The van der Waals surface area contributed by atoms with Crippen molar-refractivity contribution < 1.29 is 14.4 Å². The van der Waals surface area contributed by atoms with Crippen LogP contribution in [0.5, 0.6) is 0 Å². The van der Waals surface area contributed by atoms with E-state index in [4.69, 9.17) is 11.6 Å². The maximum atomic E-state index is 14.3. The van der Waals surface area contributed by atoms with Crippen LogP contribution in [0, 0.1) is 10.4 Å². The number of nitrogens with one attached hydrogen (secondary N) is 1. The van der Waals surface area contributed by atoms with Gasteiger partial charge in [-0.3, -0.25) is 14.4 Å². The van der Waals surface area contributed by atoms with Crippen LogP contribution in [0.1, 0.15) is 45.8 Å². The molecule has 0 saturated carbocycles. The summed E-state index contributed by atoms with van der Waals surface area (Å²) < 4.78 is 0. The number of anilines is 1. The van der Waals surface area contributed by atoms with Gasteiger partial charge in [-0.2, -0.15) is 0 Å². The molecule has 2 atom stereocenters. The van der Waals surface area contributed by atoms with Gasteiger partial charge >= 0.3 is 0 Å². The third kappa shape index (κ3) is 4.27. The first kappa shape index (κ1) is 24.1. The predicted molar refractivity (Wildman–Crippen MR) is 149 cm³/mol. The summed E-state index contributed by atoms with van der Waals surface area (Å²) in [6, 6.07) is 26.8. The molecule has 1 N–H and O–H groups in total. The molecule has 38 heavy (non-hydrogen) atoms. The number of amides is 1. The van der Waals surface area contributed by atoms with Crippen molar-refractivity contribution in [3.63, 3.8) is 0 Å². The van der Waals surface area contributed by atoms with Gasteiger partial charge in [0.2, 0.25) is 5.91 Å². The lowest BCUT2D eigenvalue weighted by Gasteiger charge is -2.29. The lowest BCUT2D eigenvalue weighted by Crippen LogP contribution is -2.35. The SMILES string of the molecule is CC(=O)Nc1cccc(C2C=c3ccc4c(c3C(Cc3ccc(Cl)cc3)C2=O)C(=O)C=c2ccccc2=4)c1. The normalized spacial score (nSPS) is 17.4. The highest BCUT2D eigenvalue weighted by Crippen LogP contribution is 2.36. The second kappa shape index (κ2) is 9.55. The minimum absolute atomic E-state index is 0.0208. The molecule has 0 heterocycles. The summed E-state index contributed by atoms with van der Waals surface area (Å²) in [4.78, 5) is 39.4. The molecule has 0 aromatic heterocycles. The van der Waals surface area contributed by atoms with Crippen molar-refractivity contribution >= 4 is 46.9 Å². The monoisotopic (exact) mass is 517 g/mol. The van der Waals surface area contributed by atoms with Crippen LogP contribution in [0.3, 0.4) is 0 Å². The molecule has 0 radical (unpaired) electrons. The second-order valence-corrected chi connectivity index (χ2v) is 10.3. The van der Waals surface area contributed by atoms with Crippen LogP contribution in [0.4, 0.5) is 5.69 Å². The molecule has 0 saturated heterocycles. The number of fused-ring (bicyclic) bond motifs is 4. The quantitative estimate of drug-likeness (QED) is 0.413. The minimum Gasteiger partial charge on any atom is -0.326 e. The third-order valence-corrected chi connectivity index (χ3v) is 7.58. The highest BCUT2D eigenvalue weighted by molar-refractivity contribution is 6.30. The summed E-state index contributed by atoms with van der Waals surface area (Å²) in [5, 5.41) is 7.06. The highest BCUT2D eigenvalue weighted by atomic mass is 35.5. The van der Waals surface area contributed by atoms with Crippen molar-refractivity contribution in [3.8, 4) is 0 Å². The Kier molecular flexibility index (Phi) is 6.05. The third-order valence-electron chi connectivity index (χ3n) is 7.33. The second-order valence-electron chi connectivity index (χ2n) is 9.82. The summed E-state index contributed by atoms with van der Waals surface area (Å²) >= 11 is 6.13. The van der Waals surface area contributed by atoms with Gasteiger partial charge in [-0.25, -0.2) is 0 Å². The Hall–Kier alpha value is -4.28. The van der Waals surface area contributed by atoms with Crippen molar-refractivity contribution in [3.05, 3.63) is 133 Å². The van der Waals surface area contributed by atoms with Gasteiger partial charge < -0.3 is 5.32 Å². The molecule has 1 amide bonds. The standard InChI is InChI=1S/C33H24ClNO3/c1-19(36)35-25-7-4-6-21(16-25)28-17-23-11-14-27-26-8-3-2-5-22(26)18-30(37)32(27)31(23)29(33(28)38)15-20-9-12-24(34)13-10-20/h2-14,16-18,28-29H,15H2,1H3,(H,35,36). The van der Waals surface area contributed by atoms with Crippen molar-refractivity contribution in [1.29, 1.82) is 0 Å². The van der Waals surface area contributed by atoms with Gasteiger partial charge in [-0.15, -0.1) is 0 Å². The molecule has 4 aromatic carbocycles. The molecule has 2 aliphatic carbocycles. The maximum absolute atomic E-state index is 14.3. The molecule has 0 spiro atoms. The van der Waals surface area contributed by atoms with Crippen molar-refractivity contribution in [2.75, 3.05) is 5.32 Å². The van der Waals surface area contributed by atoms with Gasteiger partial charge in [0.05, 0.1) is 5.92 Å². The molecule has 2 unspecified atom stereocenters. The average molecular weight is 518 g/mol. The molecular formula is C33H24ClNO3. The molecule has 6 rings (SSSR count). The van der Waals surface area contributed by atoms with Crippen LogP contribution in [0.15, 0.2) is 84.9 Å². The van der Waals surface area contributed by atoms with E-state index < -0.39 is 11.8 Å². The summed E-state index contributed by atoms with van der Waals surface area (Å²) in [5.74, 6) is -1.27. The van der Waals surface area contributed by atoms with Gasteiger partial charge in [-0.05, 0) is 74.3 Å². The van der Waals surface area contributed by atoms with Gasteiger partial charge in [0, 0.05) is 29.1 Å². The van der Waals surface area contributed by atoms with Crippen LogP contribution < -0.4 is 15.8 Å². The molecule has 4 aromatic rings. The summed E-state index contributed by atoms with van der Waals surface area (Å²) in [7, 11) is 0. The Bertz CT molecular complexity index is 1860. The van der Waals surface area contributed by atoms with E-state index >= 15 is 0 Å². The van der Waals surface area contributed by atoms with Gasteiger partial charge in [0.15, 0.2) is 11.6 Å². The van der Waals surface area contributed by atoms with Gasteiger partial charge in [0.1, 0.15) is 0 Å². The molecule has 0 aliphatic heterocycles. The first-order valence-electron chi connectivity index (χ1n) is 12.5. The number of benzene rings is 4. The Morgan fingerprint density at radius 2 is 1.66 bits per heavy atom. The van der Waals surface area contributed by atoms with Crippen molar-refractivity contribution in [2.24, 2.45) is 0 Å². The van der Waals surface area contributed by atoms with Crippen LogP contribution in [0.2, 0.25) is 5.02 Å². The zero-order valence-corrected chi connectivity index (χ0v) is 21.5. The van der Waals surface area contributed by atoms with E-state index in [1.54, 1.807) is 12.1 Å². The number of hydrogen-bond donors (Lipinski definition) is 1. The molecule has 0 fully saturated rings. The Labute approximate surface area is 224 Å². The smallest absolute Gasteiger partial charge is 0.221 e. The summed E-state index contributed by atoms with van der Waals surface area (Å²) in [6.07, 6.45) is 4.08. The summed E-state index contributed by atoms with van der Waals surface area (Å²) in [6.45, 7) is 1.46. The first-order valence-corrected chi connectivity index (χ1v) is 12.9. The fraction of sp³-hybridized carbons (Fsp3) is 0.121. The van der Waals surface area contributed by atoms with Gasteiger partial charge in [-0.1, -0.05) is 78.3 Å². The number of carbonyl (C=O) groups is 3. The largest absolute Gasteiger partial charge is 0.326 e. The van der Waals surface area contributed by atoms with E-state index in [9.17, 15) is 14.4 Å². The maximum Gasteiger partial charge on any atom is 0.221 e. The zero-order chi connectivity index (χ0) is 26.4. The fourth-order valence-electron chi connectivity index (χ4n) is 5.68. The average Bonchev–Trinajstić information content (AvgIpc) is 2.90. The molecule has 0 bridgehead atoms. The van der Waals surface area contributed by atoms with Crippen molar-refractivity contribution in [1.82, 2.24) is 0 Å². The number of rotatable bonds is 4. The number of Topliss-reactive ketones (excluding diaryl/α,β-unsaturated/α-hetero) is 2. The Morgan fingerprint density at radius 1 is 0.868 bits per heavy atom. The molecule has 186 valence electrons. The van der Waals surface area contributed by atoms with E-state index in [2.05, 4.69) is 5.32 Å². The lowest BCUT2D eigenvalue weighted by atomic mass is 9.73. The lowest BCUT2D eigenvalue weighted by molar-refractivity contribution is -0.120. The Morgan fingerprint density at radius 3 is 2.45 bits per heavy atom. The summed E-state index contributed by atoms with van der Waals surface area (Å²) in [5.41, 5.74) is 3.80. The van der Waals surface area contributed by atoms with Crippen LogP contribution >= 0.6 is 11.6 Å². The molecule has 5 heteroatoms. The predicted octanol–water partition coefficient (Wildman–Crippen LogP) is 5.04. The van der Waals surface area contributed by atoms with Crippen LogP contribution in [-0.2, 0) is 16.0 Å². The number of ketones is 2. The van der Waals surface area contributed by atoms with Gasteiger partial charge in [0.25, 0.3) is 0 Å². The van der Waals surface area contributed by atoms with E-state index in [0.29, 0.717) is 22.7 Å². The number of halogens is 1. The minimum atomic E-state index is -0.525. The topological polar surface area (TPSA) is 63.2 Å². The highest BCUT2D eigenvalue weighted by Gasteiger charge is 2.35. The first-order chi connectivity index (χ1) is 18.4. The number of hydrogen-bond acceptors (Lipinski definition) is 3. The fourth-order valence-corrected chi connectivity index (χ4v) is 5.81. The van der Waals surface area contributed by atoms with Crippen molar-refractivity contribution in [2.45, 2.75) is 25.2 Å². The zero-order valence-electron chi connectivity index (χ0n) is 20.7.